The van der Waals surface area contributed by atoms with Crippen LogP contribution in [0.4, 0.5) is 0 Å². The first-order valence-electron chi connectivity index (χ1n) is 5.98. The number of methoxy groups -OCH3 is 2. The predicted octanol–water partition coefficient (Wildman–Crippen LogP) is 3.13. The molecule has 0 aliphatic heterocycles. The van der Waals surface area contributed by atoms with Crippen LogP contribution in [0.5, 0.6) is 17.2 Å². The Morgan fingerprint density at radius 3 is 1.95 bits per heavy atom. The smallest absolute Gasteiger partial charge is 0.242 e. The maximum absolute atomic E-state index is 10.4. The molecule has 5 heteroatoms. The number of carbonyl (C=O) groups excluding carboxylic acids is 1. The van der Waals surface area contributed by atoms with Crippen molar-refractivity contribution in [3.05, 3.63) is 23.8 Å². The number of rotatable bonds is 6. The monoisotopic (exact) mass is 280 g/mol. The summed E-state index contributed by atoms with van der Waals surface area (Å²) >= 11 is 0. The fourth-order valence-electron chi connectivity index (χ4n) is 1.63. The Kier molecular flexibility index (Phi) is 5.17. The van der Waals surface area contributed by atoms with E-state index in [1.54, 1.807) is 20.3 Å². The molecule has 0 aliphatic carbocycles. The van der Waals surface area contributed by atoms with E-state index in [2.05, 4.69) is 19.6 Å². The molecule has 19 heavy (non-hydrogen) atoms. The standard InChI is InChI=1S/C14H20O4Si/c1-16-13-9-11(18-19(3,4)5)10-14(17-2)12(13)7-6-8-15/h6-10H,1-5H3/b7-6+. The average Bonchev–Trinajstić information content (AvgIpc) is 2.34. The van der Waals surface area contributed by atoms with Crippen molar-refractivity contribution in [3.63, 3.8) is 0 Å². The number of hydrogen-bond acceptors (Lipinski definition) is 4. The highest BCUT2D eigenvalue weighted by Gasteiger charge is 2.19. The average molecular weight is 280 g/mol. The van der Waals surface area contributed by atoms with Crippen LogP contribution >= 0.6 is 0 Å². The molecule has 0 aliphatic rings. The normalized spacial score (nSPS) is 11.4. The fourth-order valence-corrected chi connectivity index (χ4v) is 2.45. The fraction of sp³-hybridized carbons (Fsp3) is 0.357. The first kappa shape index (κ1) is 15.3. The minimum Gasteiger partial charge on any atom is -0.544 e. The van der Waals surface area contributed by atoms with Gasteiger partial charge in [0.25, 0.3) is 0 Å². The zero-order valence-electron chi connectivity index (χ0n) is 12.0. The second kappa shape index (κ2) is 6.42. The zero-order chi connectivity index (χ0) is 14.5. The van der Waals surface area contributed by atoms with E-state index in [4.69, 9.17) is 13.9 Å². The molecular formula is C14H20O4Si. The van der Waals surface area contributed by atoms with Gasteiger partial charge in [0, 0.05) is 12.1 Å². The Labute approximate surface area is 115 Å². The SMILES string of the molecule is COc1cc(O[Si](C)(C)C)cc(OC)c1/C=C/C=O. The van der Waals surface area contributed by atoms with E-state index < -0.39 is 8.32 Å². The van der Waals surface area contributed by atoms with E-state index in [0.717, 1.165) is 11.3 Å². The Morgan fingerprint density at radius 2 is 1.58 bits per heavy atom. The van der Waals surface area contributed by atoms with Crippen LogP contribution < -0.4 is 13.9 Å². The summed E-state index contributed by atoms with van der Waals surface area (Å²) in [6.45, 7) is 6.31. The second-order valence-electron chi connectivity index (χ2n) is 4.95. The van der Waals surface area contributed by atoms with Gasteiger partial charge in [-0.3, -0.25) is 4.79 Å². The summed E-state index contributed by atoms with van der Waals surface area (Å²) in [5.41, 5.74) is 0.722. The Hall–Kier alpha value is -1.75. The minimum atomic E-state index is -1.70. The molecule has 0 heterocycles. The summed E-state index contributed by atoms with van der Waals surface area (Å²) in [5.74, 6) is 1.95. The Balaban J connectivity index is 3.27. The number of benzene rings is 1. The first-order chi connectivity index (χ1) is 8.91. The van der Waals surface area contributed by atoms with Gasteiger partial charge < -0.3 is 13.9 Å². The lowest BCUT2D eigenvalue weighted by molar-refractivity contribution is -0.104. The molecule has 0 N–H and O–H groups in total. The van der Waals surface area contributed by atoms with Gasteiger partial charge in [-0.1, -0.05) is 0 Å². The van der Waals surface area contributed by atoms with E-state index in [1.165, 1.54) is 6.08 Å². The van der Waals surface area contributed by atoms with E-state index >= 15 is 0 Å². The van der Waals surface area contributed by atoms with Gasteiger partial charge in [0.05, 0.1) is 19.8 Å². The molecule has 0 saturated heterocycles. The number of hydrogen-bond donors (Lipinski definition) is 0. The summed E-state index contributed by atoms with van der Waals surface area (Å²) in [5, 5.41) is 0. The molecule has 0 fully saturated rings. The van der Waals surface area contributed by atoms with Gasteiger partial charge in [-0.15, -0.1) is 0 Å². The third kappa shape index (κ3) is 4.44. The minimum absolute atomic E-state index is 0.616. The van der Waals surface area contributed by atoms with Gasteiger partial charge in [0.15, 0.2) is 0 Å². The van der Waals surface area contributed by atoms with Crippen LogP contribution in [0.1, 0.15) is 5.56 Å². The first-order valence-corrected chi connectivity index (χ1v) is 9.39. The van der Waals surface area contributed by atoms with Crippen molar-refractivity contribution in [1.82, 2.24) is 0 Å². The number of allylic oxidation sites excluding steroid dienone is 1. The lowest BCUT2D eigenvalue weighted by atomic mass is 10.1. The van der Waals surface area contributed by atoms with Gasteiger partial charge >= 0.3 is 0 Å². The number of ether oxygens (including phenoxy) is 2. The van der Waals surface area contributed by atoms with E-state index in [0.29, 0.717) is 17.8 Å². The van der Waals surface area contributed by atoms with Crippen LogP contribution in [-0.2, 0) is 4.79 Å². The molecule has 0 aromatic heterocycles. The third-order valence-electron chi connectivity index (χ3n) is 2.28. The molecule has 1 aromatic carbocycles. The molecule has 0 saturated carbocycles. The summed E-state index contributed by atoms with van der Waals surface area (Å²) in [6, 6.07) is 3.62. The highest BCUT2D eigenvalue weighted by atomic mass is 28.4. The highest BCUT2D eigenvalue weighted by Crippen LogP contribution is 2.35. The van der Waals surface area contributed by atoms with Crippen LogP contribution in [-0.4, -0.2) is 28.8 Å². The van der Waals surface area contributed by atoms with E-state index in [-0.39, 0.29) is 0 Å². The van der Waals surface area contributed by atoms with E-state index in [1.807, 2.05) is 12.1 Å². The van der Waals surface area contributed by atoms with Crippen molar-refractivity contribution in [2.24, 2.45) is 0 Å². The molecule has 104 valence electrons. The van der Waals surface area contributed by atoms with Crippen molar-refractivity contribution in [2.75, 3.05) is 14.2 Å². The summed E-state index contributed by atoms with van der Waals surface area (Å²) < 4.78 is 16.6. The van der Waals surface area contributed by atoms with Gasteiger partial charge in [0.2, 0.25) is 8.32 Å². The number of aldehydes is 1. The molecular weight excluding hydrogens is 260 g/mol. The molecule has 4 nitrogen and oxygen atoms in total. The third-order valence-corrected chi connectivity index (χ3v) is 3.13. The van der Waals surface area contributed by atoms with Crippen LogP contribution in [0.2, 0.25) is 19.6 Å². The summed E-state index contributed by atoms with van der Waals surface area (Å²) in [7, 11) is 1.45. The lowest BCUT2D eigenvalue weighted by Crippen LogP contribution is -2.29. The van der Waals surface area contributed by atoms with Gasteiger partial charge in [-0.2, -0.15) is 0 Å². The molecule has 0 amide bonds. The van der Waals surface area contributed by atoms with Crippen LogP contribution in [0, 0.1) is 0 Å². The number of carbonyl (C=O) groups is 1. The highest BCUT2D eigenvalue weighted by molar-refractivity contribution is 6.70. The van der Waals surface area contributed by atoms with Crippen LogP contribution in [0.15, 0.2) is 18.2 Å². The maximum atomic E-state index is 10.4. The van der Waals surface area contributed by atoms with Crippen molar-refractivity contribution in [1.29, 1.82) is 0 Å². The summed E-state index contributed by atoms with van der Waals surface area (Å²) in [6.07, 6.45) is 3.77. The molecule has 0 unspecified atom stereocenters. The Morgan fingerprint density at radius 1 is 1.05 bits per heavy atom. The molecule has 0 atom stereocenters. The topological polar surface area (TPSA) is 44.8 Å². The van der Waals surface area contributed by atoms with Gasteiger partial charge in [-0.05, 0) is 31.8 Å². The Bertz CT molecular complexity index is 450. The molecule has 1 rings (SSSR count). The van der Waals surface area contributed by atoms with Crippen LogP contribution in [0.3, 0.4) is 0 Å². The van der Waals surface area contributed by atoms with Crippen molar-refractivity contribution >= 4 is 20.7 Å². The largest absolute Gasteiger partial charge is 0.544 e. The van der Waals surface area contributed by atoms with E-state index in [9.17, 15) is 4.79 Å². The van der Waals surface area contributed by atoms with Gasteiger partial charge in [-0.25, -0.2) is 0 Å². The summed E-state index contributed by atoms with van der Waals surface area (Å²) in [4.78, 5) is 10.4. The zero-order valence-corrected chi connectivity index (χ0v) is 13.0. The maximum Gasteiger partial charge on any atom is 0.242 e. The van der Waals surface area contributed by atoms with Crippen molar-refractivity contribution in [2.45, 2.75) is 19.6 Å². The van der Waals surface area contributed by atoms with Crippen LogP contribution in [0.25, 0.3) is 6.08 Å². The molecule has 1 aromatic rings. The molecule has 0 radical (unpaired) electrons. The second-order valence-corrected chi connectivity index (χ2v) is 9.38. The van der Waals surface area contributed by atoms with Crippen molar-refractivity contribution in [3.8, 4) is 17.2 Å². The quantitative estimate of drug-likeness (QED) is 0.456. The lowest BCUT2D eigenvalue weighted by Gasteiger charge is -2.21. The predicted molar refractivity (Wildman–Crippen MR) is 78.6 cm³/mol. The van der Waals surface area contributed by atoms with Gasteiger partial charge in [0.1, 0.15) is 23.5 Å². The molecule has 0 spiro atoms. The van der Waals surface area contributed by atoms with Crippen molar-refractivity contribution < 1.29 is 18.7 Å². The molecule has 0 bridgehead atoms.